The monoisotopic (exact) mass is 369 g/mol. The van der Waals surface area contributed by atoms with Crippen molar-refractivity contribution in [1.29, 1.82) is 0 Å². The molecule has 0 aromatic heterocycles. The molecule has 1 amide bonds. The van der Waals surface area contributed by atoms with Gasteiger partial charge in [-0.15, -0.1) is 0 Å². The zero-order chi connectivity index (χ0) is 18.6. The van der Waals surface area contributed by atoms with E-state index in [1.165, 1.54) is 30.3 Å². The smallest absolute Gasteiger partial charge is 0.416 e. The van der Waals surface area contributed by atoms with Gasteiger partial charge in [0.15, 0.2) is 0 Å². The molecule has 130 valence electrons. The Balaban J connectivity index is 2.11. The fourth-order valence-electron chi connectivity index (χ4n) is 1.89. The Morgan fingerprint density at radius 3 is 2.28 bits per heavy atom. The molecule has 0 bridgehead atoms. The summed E-state index contributed by atoms with van der Waals surface area (Å²) in [5, 5.41) is 11.3. The molecule has 2 aromatic rings. The van der Waals surface area contributed by atoms with Gasteiger partial charge in [-0.05, 0) is 54.1 Å². The van der Waals surface area contributed by atoms with E-state index >= 15 is 0 Å². The van der Waals surface area contributed by atoms with Crippen LogP contribution in [0.25, 0.3) is 6.08 Å². The largest absolute Gasteiger partial charge is 0.478 e. The van der Waals surface area contributed by atoms with Crippen LogP contribution >= 0.6 is 11.6 Å². The average molecular weight is 370 g/mol. The third kappa shape index (κ3) is 5.09. The van der Waals surface area contributed by atoms with Crippen LogP contribution in [0.3, 0.4) is 0 Å². The van der Waals surface area contributed by atoms with Crippen LogP contribution in [0.1, 0.15) is 21.5 Å². The van der Waals surface area contributed by atoms with E-state index in [1.54, 1.807) is 0 Å². The molecule has 2 aromatic carbocycles. The first kappa shape index (κ1) is 18.5. The topological polar surface area (TPSA) is 66.4 Å². The number of amides is 1. The van der Waals surface area contributed by atoms with Crippen LogP contribution in [0.5, 0.6) is 0 Å². The van der Waals surface area contributed by atoms with Crippen molar-refractivity contribution in [2.75, 3.05) is 5.32 Å². The van der Waals surface area contributed by atoms with Gasteiger partial charge in [-0.2, -0.15) is 13.2 Å². The maximum Gasteiger partial charge on any atom is 0.416 e. The second-order valence-electron chi connectivity index (χ2n) is 4.94. The van der Waals surface area contributed by atoms with Gasteiger partial charge in [0.2, 0.25) is 5.91 Å². The third-order valence-electron chi connectivity index (χ3n) is 3.14. The Kier molecular flexibility index (Phi) is 5.48. The normalized spacial score (nSPS) is 11.5. The molecule has 0 saturated carbocycles. The van der Waals surface area contributed by atoms with Crippen molar-refractivity contribution in [3.63, 3.8) is 0 Å². The summed E-state index contributed by atoms with van der Waals surface area (Å²) >= 11 is 5.83. The van der Waals surface area contributed by atoms with Crippen LogP contribution in [0.2, 0.25) is 5.02 Å². The van der Waals surface area contributed by atoms with Gasteiger partial charge in [0.25, 0.3) is 0 Å². The number of carbonyl (C=O) groups is 2. The van der Waals surface area contributed by atoms with Gasteiger partial charge in [-0.25, -0.2) is 4.79 Å². The maximum absolute atomic E-state index is 12.7. The van der Waals surface area contributed by atoms with E-state index in [0.29, 0.717) is 5.69 Å². The predicted octanol–water partition coefficient (Wildman–Crippen LogP) is 4.71. The minimum absolute atomic E-state index is 0.0490. The molecule has 0 aliphatic carbocycles. The van der Waals surface area contributed by atoms with E-state index in [9.17, 15) is 22.8 Å². The average Bonchev–Trinajstić information content (AvgIpc) is 2.53. The summed E-state index contributed by atoms with van der Waals surface area (Å²) in [7, 11) is 0. The molecule has 2 rings (SSSR count). The Labute approximate surface area is 145 Å². The summed E-state index contributed by atoms with van der Waals surface area (Å²) in [4.78, 5) is 22.6. The molecule has 4 nitrogen and oxygen atoms in total. The number of carboxylic acid groups (broad SMARTS) is 1. The molecule has 0 saturated heterocycles. The highest BCUT2D eigenvalue weighted by atomic mass is 35.5. The molecule has 0 unspecified atom stereocenters. The molecule has 0 atom stereocenters. The number of anilines is 1. The van der Waals surface area contributed by atoms with Crippen molar-refractivity contribution < 1.29 is 27.9 Å². The molecule has 0 heterocycles. The number of hydrogen-bond acceptors (Lipinski definition) is 2. The van der Waals surface area contributed by atoms with E-state index in [2.05, 4.69) is 5.32 Å². The highest BCUT2D eigenvalue weighted by Gasteiger charge is 2.30. The van der Waals surface area contributed by atoms with E-state index < -0.39 is 23.6 Å². The fourth-order valence-corrected chi connectivity index (χ4v) is 2.07. The maximum atomic E-state index is 12.7. The molecule has 8 heteroatoms. The quantitative estimate of drug-likeness (QED) is 0.767. The van der Waals surface area contributed by atoms with Crippen molar-refractivity contribution in [2.24, 2.45) is 0 Å². The number of halogens is 4. The van der Waals surface area contributed by atoms with Crippen LogP contribution in [0.4, 0.5) is 18.9 Å². The van der Waals surface area contributed by atoms with E-state index in [4.69, 9.17) is 16.7 Å². The van der Waals surface area contributed by atoms with Crippen LogP contribution < -0.4 is 5.32 Å². The first-order valence-electron chi connectivity index (χ1n) is 6.86. The number of rotatable bonds is 4. The lowest BCUT2D eigenvalue weighted by Gasteiger charge is -2.08. The molecule has 25 heavy (non-hydrogen) atoms. The second-order valence-corrected chi connectivity index (χ2v) is 5.35. The lowest BCUT2D eigenvalue weighted by atomic mass is 10.1. The van der Waals surface area contributed by atoms with Crippen LogP contribution in [-0.2, 0) is 11.0 Å². The number of benzene rings is 2. The number of nitrogens with one attached hydrogen (secondary N) is 1. The van der Waals surface area contributed by atoms with Crippen molar-refractivity contribution in [3.8, 4) is 0 Å². The van der Waals surface area contributed by atoms with E-state index in [0.717, 1.165) is 24.3 Å². The Bertz CT molecular complexity index is 830. The summed E-state index contributed by atoms with van der Waals surface area (Å²) in [5.74, 6) is -1.70. The second kappa shape index (κ2) is 7.40. The number of aromatic carboxylic acids is 1. The minimum atomic E-state index is -4.51. The highest BCUT2D eigenvalue weighted by Crippen LogP contribution is 2.32. The van der Waals surface area contributed by atoms with Crippen molar-refractivity contribution in [3.05, 3.63) is 70.3 Å². The molecule has 0 radical (unpaired) electrons. The standard InChI is InChI=1S/C17H11ClF3NO3/c18-14-7-4-12(17(19,20)21)9-11(14)3-8-15(23)22-13-5-1-10(2-6-13)16(24)25/h1-9H,(H,22,23)(H,24,25)/b8-3+. The third-order valence-corrected chi connectivity index (χ3v) is 3.48. The summed E-state index contributed by atoms with van der Waals surface area (Å²) in [5.41, 5.74) is -0.423. The number of alkyl halides is 3. The number of carbonyl (C=O) groups excluding carboxylic acids is 1. The lowest BCUT2D eigenvalue weighted by Crippen LogP contribution is -2.08. The van der Waals surface area contributed by atoms with Gasteiger partial charge in [0, 0.05) is 16.8 Å². The minimum Gasteiger partial charge on any atom is -0.478 e. The zero-order valence-corrected chi connectivity index (χ0v) is 13.2. The SMILES string of the molecule is O=C(/C=C/c1cc(C(F)(F)F)ccc1Cl)Nc1ccc(C(=O)O)cc1. The Morgan fingerprint density at radius 1 is 1.08 bits per heavy atom. The molecule has 0 spiro atoms. The Hall–Kier alpha value is -2.80. The summed E-state index contributed by atoms with van der Waals surface area (Å²) in [6.45, 7) is 0. The van der Waals surface area contributed by atoms with Crippen molar-refractivity contribution in [1.82, 2.24) is 0 Å². The number of carboxylic acids is 1. The van der Waals surface area contributed by atoms with Crippen LogP contribution in [0, 0.1) is 0 Å². The summed E-state index contributed by atoms with van der Waals surface area (Å²) in [6.07, 6.45) is -2.31. The fraction of sp³-hybridized carbons (Fsp3) is 0.0588. The first-order valence-corrected chi connectivity index (χ1v) is 7.24. The van der Waals surface area contributed by atoms with Crippen molar-refractivity contribution >= 4 is 35.2 Å². The molecule has 0 fully saturated rings. The van der Waals surface area contributed by atoms with E-state index in [1.807, 2.05) is 0 Å². The molecular weight excluding hydrogens is 359 g/mol. The summed E-state index contributed by atoms with van der Waals surface area (Å²) < 4.78 is 38.1. The van der Waals surface area contributed by atoms with Crippen LogP contribution in [-0.4, -0.2) is 17.0 Å². The first-order chi connectivity index (χ1) is 11.7. The number of hydrogen-bond donors (Lipinski definition) is 2. The van der Waals surface area contributed by atoms with Crippen molar-refractivity contribution in [2.45, 2.75) is 6.18 Å². The molecule has 0 aliphatic heterocycles. The molecule has 0 aliphatic rings. The highest BCUT2D eigenvalue weighted by molar-refractivity contribution is 6.32. The van der Waals surface area contributed by atoms with Gasteiger partial charge in [-0.1, -0.05) is 11.6 Å². The van der Waals surface area contributed by atoms with Gasteiger partial charge in [0.05, 0.1) is 11.1 Å². The Morgan fingerprint density at radius 2 is 1.72 bits per heavy atom. The summed E-state index contributed by atoms with van der Waals surface area (Å²) in [6, 6.07) is 8.21. The van der Waals surface area contributed by atoms with Gasteiger partial charge in [-0.3, -0.25) is 4.79 Å². The lowest BCUT2D eigenvalue weighted by molar-refractivity contribution is -0.137. The zero-order valence-electron chi connectivity index (χ0n) is 12.5. The predicted molar refractivity (Wildman–Crippen MR) is 87.5 cm³/mol. The van der Waals surface area contributed by atoms with Gasteiger partial charge in [0.1, 0.15) is 0 Å². The molecule has 2 N–H and O–H groups in total. The van der Waals surface area contributed by atoms with Gasteiger partial charge >= 0.3 is 12.1 Å². The van der Waals surface area contributed by atoms with Gasteiger partial charge < -0.3 is 10.4 Å². The van der Waals surface area contributed by atoms with Crippen LogP contribution in [0.15, 0.2) is 48.5 Å². The molecular formula is C17H11ClF3NO3. The van der Waals surface area contributed by atoms with E-state index in [-0.39, 0.29) is 16.1 Å².